The molecule has 0 bridgehead atoms. The summed E-state index contributed by atoms with van der Waals surface area (Å²) in [6.07, 6.45) is 0. The van der Waals surface area contributed by atoms with E-state index in [2.05, 4.69) is 26.1 Å². The minimum Gasteiger partial charge on any atom is -0.334 e. The van der Waals surface area contributed by atoms with Gasteiger partial charge < -0.3 is 10.3 Å². The number of hydrogen-bond donors (Lipinski definition) is 1. The van der Waals surface area contributed by atoms with Gasteiger partial charge in [0.05, 0.1) is 0 Å². The van der Waals surface area contributed by atoms with Gasteiger partial charge >= 0.3 is 0 Å². The van der Waals surface area contributed by atoms with Gasteiger partial charge in [-0.25, -0.2) is 0 Å². The fraction of sp³-hybridized carbons (Fsp3) is 0.0667. The molecule has 0 aliphatic rings. The number of rotatable bonds is 3. The van der Waals surface area contributed by atoms with Crippen molar-refractivity contribution < 1.29 is 4.52 Å². The van der Waals surface area contributed by atoms with Crippen molar-refractivity contribution in [3.05, 3.63) is 58.6 Å². The minimum absolute atomic E-state index is 0.510. The summed E-state index contributed by atoms with van der Waals surface area (Å²) in [4.78, 5) is 4.41. The summed E-state index contributed by atoms with van der Waals surface area (Å²) in [5.41, 5.74) is 8.46. The average molecular weight is 330 g/mol. The molecule has 1 heterocycles. The lowest BCUT2D eigenvalue weighted by atomic mass is 10.1. The molecule has 0 unspecified atom stereocenters. The van der Waals surface area contributed by atoms with Crippen LogP contribution < -0.4 is 5.73 Å². The fourth-order valence-electron chi connectivity index (χ4n) is 1.84. The van der Waals surface area contributed by atoms with Crippen LogP contribution in [0.3, 0.4) is 0 Å². The highest BCUT2D eigenvalue weighted by molar-refractivity contribution is 9.10. The Bertz CT molecular complexity index is 705. The lowest BCUT2D eigenvalue weighted by Crippen LogP contribution is -1.95. The van der Waals surface area contributed by atoms with Gasteiger partial charge in [-0.1, -0.05) is 45.4 Å². The van der Waals surface area contributed by atoms with Gasteiger partial charge in [-0.3, -0.25) is 0 Å². The molecule has 5 heteroatoms. The van der Waals surface area contributed by atoms with Gasteiger partial charge in [-0.2, -0.15) is 4.98 Å². The molecule has 2 N–H and O–H groups in total. The number of aromatic nitrogens is 2. The van der Waals surface area contributed by atoms with Gasteiger partial charge in [-0.15, -0.1) is 0 Å². The highest BCUT2D eigenvalue weighted by atomic mass is 79.9. The molecule has 0 aliphatic carbocycles. The van der Waals surface area contributed by atoms with Crippen LogP contribution in [0.4, 0.5) is 0 Å². The van der Waals surface area contributed by atoms with Gasteiger partial charge in [0.2, 0.25) is 5.82 Å². The number of nitrogens with zero attached hydrogens (tertiary/aromatic N) is 2. The number of nitrogens with two attached hydrogens (primary N) is 1. The standard InChI is InChI=1S/C15H12BrN3O/c16-13-7-5-12(6-8-13)15-18-14(19-20-15)11-3-1-10(9-17)2-4-11/h1-8H,9,17H2. The normalized spacial score (nSPS) is 10.7. The van der Waals surface area contributed by atoms with Crippen LogP contribution in [-0.4, -0.2) is 10.1 Å². The zero-order valence-electron chi connectivity index (χ0n) is 10.6. The van der Waals surface area contributed by atoms with Crippen LogP contribution in [0.15, 0.2) is 57.5 Å². The molecule has 100 valence electrons. The van der Waals surface area contributed by atoms with Crippen LogP contribution >= 0.6 is 15.9 Å². The van der Waals surface area contributed by atoms with Gasteiger partial charge in [-0.05, 0) is 29.8 Å². The predicted molar refractivity (Wildman–Crippen MR) is 80.8 cm³/mol. The molecule has 3 aromatic rings. The van der Waals surface area contributed by atoms with Crippen molar-refractivity contribution in [2.24, 2.45) is 5.73 Å². The molecule has 0 amide bonds. The molecule has 1 aromatic heterocycles. The van der Waals surface area contributed by atoms with E-state index in [9.17, 15) is 0 Å². The van der Waals surface area contributed by atoms with E-state index < -0.39 is 0 Å². The maximum absolute atomic E-state index is 5.58. The van der Waals surface area contributed by atoms with Crippen LogP contribution in [0, 0.1) is 0 Å². The summed E-state index contributed by atoms with van der Waals surface area (Å²) < 4.78 is 6.31. The predicted octanol–water partition coefficient (Wildman–Crippen LogP) is 3.62. The van der Waals surface area contributed by atoms with Crippen molar-refractivity contribution in [3.63, 3.8) is 0 Å². The third kappa shape index (κ3) is 2.64. The Morgan fingerprint density at radius 2 is 1.60 bits per heavy atom. The number of halogens is 1. The van der Waals surface area contributed by atoms with Crippen LogP contribution in [0.25, 0.3) is 22.8 Å². The van der Waals surface area contributed by atoms with E-state index in [1.165, 1.54) is 0 Å². The molecule has 0 saturated heterocycles. The van der Waals surface area contributed by atoms with Crippen molar-refractivity contribution in [1.82, 2.24) is 10.1 Å². The second kappa shape index (κ2) is 5.56. The molecule has 4 nitrogen and oxygen atoms in total. The van der Waals surface area contributed by atoms with Crippen molar-refractivity contribution in [3.8, 4) is 22.8 Å². The summed E-state index contributed by atoms with van der Waals surface area (Å²) in [6.45, 7) is 0.524. The van der Waals surface area contributed by atoms with Gasteiger partial charge in [0.15, 0.2) is 0 Å². The largest absolute Gasteiger partial charge is 0.334 e. The molecule has 20 heavy (non-hydrogen) atoms. The highest BCUT2D eigenvalue weighted by Crippen LogP contribution is 2.23. The Hall–Kier alpha value is -1.98. The highest BCUT2D eigenvalue weighted by Gasteiger charge is 2.10. The summed E-state index contributed by atoms with van der Waals surface area (Å²) in [5.74, 6) is 1.09. The lowest BCUT2D eigenvalue weighted by molar-refractivity contribution is 0.432. The first-order chi connectivity index (χ1) is 9.76. The Morgan fingerprint density at radius 1 is 0.950 bits per heavy atom. The SMILES string of the molecule is NCc1ccc(-c2noc(-c3ccc(Br)cc3)n2)cc1. The molecule has 0 fully saturated rings. The van der Waals surface area contributed by atoms with Crippen molar-refractivity contribution in [2.45, 2.75) is 6.54 Å². The molecular formula is C15H12BrN3O. The van der Waals surface area contributed by atoms with Crippen LogP contribution in [0.2, 0.25) is 0 Å². The Morgan fingerprint density at radius 3 is 2.25 bits per heavy atom. The monoisotopic (exact) mass is 329 g/mol. The minimum atomic E-state index is 0.510. The molecule has 0 atom stereocenters. The maximum atomic E-state index is 5.58. The van der Waals surface area contributed by atoms with E-state index >= 15 is 0 Å². The van der Waals surface area contributed by atoms with E-state index in [-0.39, 0.29) is 0 Å². The van der Waals surface area contributed by atoms with Gasteiger partial charge in [0, 0.05) is 22.1 Å². The first-order valence-electron chi connectivity index (χ1n) is 6.15. The second-order valence-electron chi connectivity index (χ2n) is 4.33. The average Bonchev–Trinajstić information content (AvgIpc) is 2.98. The molecule has 0 spiro atoms. The zero-order chi connectivity index (χ0) is 13.9. The first kappa shape index (κ1) is 13.0. The summed E-state index contributed by atoms with van der Waals surface area (Å²) >= 11 is 3.40. The van der Waals surface area contributed by atoms with Gasteiger partial charge in [0.1, 0.15) is 0 Å². The Balaban J connectivity index is 1.91. The van der Waals surface area contributed by atoms with Crippen molar-refractivity contribution in [1.29, 1.82) is 0 Å². The molecule has 0 radical (unpaired) electrons. The second-order valence-corrected chi connectivity index (χ2v) is 5.25. The zero-order valence-corrected chi connectivity index (χ0v) is 12.2. The van der Waals surface area contributed by atoms with E-state index in [1.54, 1.807) is 0 Å². The lowest BCUT2D eigenvalue weighted by Gasteiger charge is -1.97. The van der Waals surface area contributed by atoms with Crippen molar-refractivity contribution >= 4 is 15.9 Å². The molecule has 2 aromatic carbocycles. The maximum Gasteiger partial charge on any atom is 0.258 e. The van der Waals surface area contributed by atoms with Crippen LogP contribution in [0.5, 0.6) is 0 Å². The Kier molecular flexibility index (Phi) is 3.62. The third-order valence-corrected chi connectivity index (χ3v) is 3.49. The summed E-state index contributed by atoms with van der Waals surface area (Å²) in [6, 6.07) is 15.6. The molecule has 3 rings (SSSR count). The number of hydrogen-bond acceptors (Lipinski definition) is 4. The molecular weight excluding hydrogens is 318 g/mol. The van der Waals surface area contributed by atoms with Crippen molar-refractivity contribution in [2.75, 3.05) is 0 Å². The number of benzene rings is 2. The molecule has 0 aliphatic heterocycles. The van der Waals surface area contributed by atoms with Gasteiger partial charge in [0.25, 0.3) is 5.89 Å². The topological polar surface area (TPSA) is 64.9 Å². The first-order valence-corrected chi connectivity index (χ1v) is 6.94. The summed E-state index contributed by atoms with van der Waals surface area (Å²) in [7, 11) is 0. The van der Waals surface area contributed by atoms with E-state index in [0.29, 0.717) is 18.3 Å². The fourth-order valence-corrected chi connectivity index (χ4v) is 2.10. The van der Waals surface area contributed by atoms with E-state index in [1.807, 2.05) is 48.5 Å². The Labute approximate surface area is 124 Å². The smallest absolute Gasteiger partial charge is 0.258 e. The van der Waals surface area contributed by atoms with Crippen LogP contribution in [-0.2, 0) is 6.54 Å². The quantitative estimate of drug-likeness (QED) is 0.796. The van der Waals surface area contributed by atoms with Crippen LogP contribution in [0.1, 0.15) is 5.56 Å². The van der Waals surface area contributed by atoms with E-state index in [4.69, 9.17) is 10.3 Å². The third-order valence-electron chi connectivity index (χ3n) is 2.97. The van der Waals surface area contributed by atoms with E-state index in [0.717, 1.165) is 21.2 Å². The molecule has 0 saturated carbocycles. The summed E-state index contributed by atoms with van der Waals surface area (Å²) in [5, 5.41) is 4.01.